The molecule has 86 valence electrons. The Kier molecular flexibility index (Phi) is 2.83. The van der Waals surface area contributed by atoms with Crippen LogP contribution in [0.1, 0.15) is 6.92 Å². The average Bonchev–Trinajstić information content (AvgIpc) is 2.32. The van der Waals surface area contributed by atoms with E-state index in [-0.39, 0.29) is 11.7 Å². The van der Waals surface area contributed by atoms with Gasteiger partial charge in [0.15, 0.2) is 0 Å². The highest BCUT2D eigenvalue weighted by atomic mass is 16.3. The van der Waals surface area contributed by atoms with Crippen molar-refractivity contribution in [1.82, 2.24) is 0 Å². The summed E-state index contributed by atoms with van der Waals surface area (Å²) in [6.45, 7) is 5.19. The van der Waals surface area contributed by atoms with Crippen molar-refractivity contribution < 1.29 is 9.90 Å². The zero-order valence-corrected chi connectivity index (χ0v) is 9.53. The molecule has 0 aromatic heterocycles. The summed E-state index contributed by atoms with van der Waals surface area (Å²) in [5.74, 6) is -0.241. The van der Waals surface area contributed by atoms with Crippen LogP contribution < -0.4 is 5.32 Å². The Morgan fingerprint density at radius 3 is 2.65 bits per heavy atom. The van der Waals surface area contributed by atoms with Crippen LogP contribution in [0.5, 0.6) is 5.75 Å². The maximum absolute atomic E-state index is 11.6. The van der Waals surface area contributed by atoms with E-state index in [4.69, 9.17) is 0 Å². The molecule has 0 bridgehead atoms. The smallest absolute Gasteiger partial charge is 0.250 e. The number of hydrogen-bond acceptors (Lipinski definition) is 2. The monoisotopic (exact) mass is 227 g/mol. The molecule has 0 saturated heterocycles. The fourth-order valence-electron chi connectivity index (χ4n) is 1.61. The molecule has 3 heteroatoms. The lowest BCUT2D eigenvalue weighted by Crippen LogP contribution is -2.12. The first-order valence-corrected chi connectivity index (χ1v) is 5.27. The summed E-state index contributed by atoms with van der Waals surface area (Å²) in [7, 11) is 0. The molecule has 0 heterocycles. The third-order valence-corrected chi connectivity index (χ3v) is 2.53. The normalized spacial score (nSPS) is 10.2. The van der Waals surface area contributed by atoms with Gasteiger partial charge in [-0.15, -0.1) is 0 Å². The largest absolute Gasteiger partial charge is 0.506 e. The number of benzene rings is 2. The molecule has 0 spiro atoms. The van der Waals surface area contributed by atoms with E-state index in [0.717, 1.165) is 10.8 Å². The summed E-state index contributed by atoms with van der Waals surface area (Å²) < 4.78 is 0. The Bertz CT molecular complexity index is 602. The van der Waals surface area contributed by atoms with Gasteiger partial charge in [-0.1, -0.05) is 36.9 Å². The van der Waals surface area contributed by atoms with Crippen molar-refractivity contribution >= 4 is 22.4 Å². The number of phenols is 1. The van der Waals surface area contributed by atoms with Crippen LogP contribution in [0.4, 0.5) is 5.69 Å². The van der Waals surface area contributed by atoms with Crippen molar-refractivity contribution in [3.63, 3.8) is 0 Å². The van der Waals surface area contributed by atoms with Crippen LogP contribution in [0.15, 0.2) is 48.6 Å². The highest BCUT2D eigenvalue weighted by molar-refractivity contribution is 6.09. The van der Waals surface area contributed by atoms with Gasteiger partial charge in [-0.3, -0.25) is 4.79 Å². The van der Waals surface area contributed by atoms with E-state index in [1.165, 1.54) is 0 Å². The lowest BCUT2D eigenvalue weighted by atomic mass is 10.1. The molecule has 0 aliphatic rings. The number of amides is 1. The van der Waals surface area contributed by atoms with E-state index in [1.807, 2.05) is 24.3 Å². The van der Waals surface area contributed by atoms with Gasteiger partial charge in [-0.2, -0.15) is 0 Å². The van der Waals surface area contributed by atoms with Crippen LogP contribution in [0, 0.1) is 0 Å². The molecule has 2 aromatic rings. The summed E-state index contributed by atoms with van der Waals surface area (Å²) in [6.07, 6.45) is 0. The first-order valence-electron chi connectivity index (χ1n) is 5.27. The van der Waals surface area contributed by atoms with Crippen LogP contribution in [0.25, 0.3) is 10.8 Å². The Morgan fingerprint density at radius 2 is 1.94 bits per heavy atom. The van der Waals surface area contributed by atoms with Crippen molar-refractivity contribution in [1.29, 1.82) is 0 Å². The molecule has 3 nitrogen and oxygen atoms in total. The Labute approximate surface area is 99.4 Å². The Hall–Kier alpha value is -2.29. The lowest BCUT2D eigenvalue weighted by Gasteiger charge is -2.10. The predicted molar refractivity (Wildman–Crippen MR) is 69.1 cm³/mol. The third-order valence-electron chi connectivity index (χ3n) is 2.53. The summed E-state index contributed by atoms with van der Waals surface area (Å²) in [4.78, 5) is 11.6. The topological polar surface area (TPSA) is 49.3 Å². The minimum Gasteiger partial charge on any atom is -0.506 e. The molecular formula is C14H13NO2. The minimum atomic E-state index is -0.295. The zero-order valence-electron chi connectivity index (χ0n) is 9.53. The van der Waals surface area contributed by atoms with E-state index < -0.39 is 0 Å². The number of carbonyl (C=O) groups excluding carboxylic acids is 1. The van der Waals surface area contributed by atoms with Crippen LogP contribution in [0.3, 0.4) is 0 Å². The Balaban J connectivity index is 2.55. The first-order chi connectivity index (χ1) is 8.09. The molecular weight excluding hydrogens is 214 g/mol. The van der Waals surface area contributed by atoms with Gasteiger partial charge in [-0.25, -0.2) is 0 Å². The highest BCUT2D eigenvalue weighted by Gasteiger charge is 2.10. The minimum absolute atomic E-state index is 0.0540. The number of anilines is 1. The molecule has 0 fully saturated rings. The van der Waals surface area contributed by atoms with Crippen molar-refractivity contribution in [2.24, 2.45) is 0 Å². The fourth-order valence-corrected chi connectivity index (χ4v) is 1.61. The summed E-state index contributed by atoms with van der Waals surface area (Å²) in [5.41, 5.74) is 0.827. The van der Waals surface area contributed by atoms with Gasteiger partial charge >= 0.3 is 0 Å². The zero-order chi connectivity index (χ0) is 12.4. The standard InChI is InChI=1S/C14H13NO2/c1-9(2)14(17)15-13-11-6-4-3-5-10(11)7-8-12(13)16/h3-8,16H,1H2,2H3,(H,15,17). The van der Waals surface area contributed by atoms with Crippen molar-refractivity contribution in [2.45, 2.75) is 6.92 Å². The maximum atomic E-state index is 11.6. The molecule has 0 unspecified atom stereocenters. The number of hydrogen-bond donors (Lipinski definition) is 2. The predicted octanol–water partition coefficient (Wildman–Crippen LogP) is 3.06. The third kappa shape index (κ3) is 2.13. The van der Waals surface area contributed by atoms with Crippen LogP contribution in [-0.2, 0) is 4.79 Å². The number of aromatic hydroxyl groups is 1. The van der Waals surface area contributed by atoms with Crippen LogP contribution >= 0.6 is 0 Å². The molecule has 2 rings (SSSR count). The van der Waals surface area contributed by atoms with Crippen molar-refractivity contribution in [3.05, 3.63) is 48.6 Å². The molecule has 0 radical (unpaired) electrons. The van der Waals surface area contributed by atoms with Gasteiger partial charge in [0.2, 0.25) is 0 Å². The summed E-state index contributed by atoms with van der Waals surface area (Å²) in [6, 6.07) is 10.9. The molecule has 1 amide bonds. The molecule has 0 saturated carbocycles. The first kappa shape index (κ1) is 11.2. The van der Waals surface area contributed by atoms with Gasteiger partial charge in [0.05, 0.1) is 5.69 Å². The number of carbonyl (C=O) groups is 1. The van der Waals surface area contributed by atoms with E-state index in [1.54, 1.807) is 19.1 Å². The molecule has 17 heavy (non-hydrogen) atoms. The number of phenolic OH excluding ortho intramolecular Hbond substituents is 1. The second-order valence-electron chi connectivity index (χ2n) is 3.92. The lowest BCUT2D eigenvalue weighted by molar-refractivity contribution is -0.112. The molecule has 0 aliphatic carbocycles. The summed E-state index contributed by atoms with van der Waals surface area (Å²) in [5, 5.41) is 14.2. The number of rotatable bonds is 2. The molecule has 0 aliphatic heterocycles. The molecule has 2 N–H and O–H groups in total. The second-order valence-corrected chi connectivity index (χ2v) is 3.92. The summed E-state index contributed by atoms with van der Waals surface area (Å²) >= 11 is 0. The fraction of sp³-hybridized carbons (Fsp3) is 0.0714. The maximum Gasteiger partial charge on any atom is 0.250 e. The molecule has 2 aromatic carbocycles. The van der Waals surface area contributed by atoms with Crippen LogP contribution in [-0.4, -0.2) is 11.0 Å². The van der Waals surface area contributed by atoms with Gasteiger partial charge < -0.3 is 10.4 Å². The SMILES string of the molecule is C=C(C)C(=O)Nc1c(O)ccc2ccccc12. The van der Waals surface area contributed by atoms with Crippen molar-refractivity contribution in [3.8, 4) is 5.75 Å². The van der Waals surface area contributed by atoms with Crippen LogP contribution in [0.2, 0.25) is 0 Å². The van der Waals surface area contributed by atoms with E-state index >= 15 is 0 Å². The van der Waals surface area contributed by atoms with Gasteiger partial charge in [-0.05, 0) is 18.4 Å². The average molecular weight is 227 g/mol. The second kappa shape index (κ2) is 4.29. The van der Waals surface area contributed by atoms with E-state index in [9.17, 15) is 9.90 Å². The van der Waals surface area contributed by atoms with E-state index in [2.05, 4.69) is 11.9 Å². The van der Waals surface area contributed by atoms with Gasteiger partial charge in [0, 0.05) is 11.0 Å². The number of nitrogens with one attached hydrogen (secondary N) is 1. The van der Waals surface area contributed by atoms with Gasteiger partial charge in [0.1, 0.15) is 5.75 Å². The Morgan fingerprint density at radius 1 is 1.24 bits per heavy atom. The molecule has 0 atom stereocenters. The highest BCUT2D eigenvalue weighted by Crippen LogP contribution is 2.32. The van der Waals surface area contributed by atoms with Crippen molar-refractivity contribution in [2.75, 3.05) is 5.32 Å². The van der Waals surface area contributed by atoms with Gasteiger partial charge in [0.25, 0.3) is 5.91 Å². The van der Waals surface area contributed by atoms with E-state index in [0.29, 0.717) is 11.3 Å². The quantitative estimate of drug-likeness (QED) is 0.612. The number of fused-ring (bicyclic) bond motifs is 1.